The fourth-order valence-electron chi connectivity index (χ4n) is 4.13. The van der Waals surface area contributed by atoms with E-state index in [4.69, 9.17) is 14.5 Å². The van der Waals surface area contributed by atoms with Gasteiger partial charge in [0.2, 0.25) is 5.91 Å². The largest absolute Gasteiger partial charge is 0.497 e. The number of nitrogens with zero attached hydrogens (tertiary/aromatic N) is 3. The maximum absolute atomic E-state index is 12.6. The van der Waals surface area contributed by atoms with Crippen molar-refractivity contribution in [2.45, 2.75) is 25.0 Å². The molecule has 0 saturated carbocycles. The van der Waals surface area contributed by atoms with E-state index >= 15 is 0 Å². The molecule has 2 aromatic carbocycles. The minimum Gasteiger partial charge on any atom is -0.497 e. The van der Waals surface area contributed by atoms with Crippen molar-refractivity contribution in [3.05, 3.63) is 77.6 Å². The van der Waals surface area contributed by atoms with Gasteiger partial charge < -0.3 is 14.4 Å². The van der Waals surface area contributed by atoms with Gasteiger partial charge >= 0.3 is 0 Å². The van der Waals surface area contributed by atoms with E-state index in [2.05, 4.69) is 4.98 Å². The van der Waals surface area contributed by atoms with Gasteiger partial charge in [-0.2, -0.15) is 0 Å². The van der Waals surface area contributed by atoms with Gasteiger partial charge in [0.05, 0.1) is 32.5 Å². The zero-order valence-electron chi connectivity index (χ0n) is 16.9. The fourth-order valence-corrected chi connectivity index (χ4v) is 4.13. The Morgan fingerprint density at radius 3 is 2.63 bits per heavy atom. The number of fused-ring (bicyclic) bond motifs is 2. The number of aryl methyl sites for hydroxylation is 1. The van der Waals surface area contributed by atoms with Gasteiger partial charge in [0.25, 0.3) is 0 Å². The first-order valence-electron chi connectivity index (χ1n) is 10.1. The molecule has 6 nitrogen and oxygen atoms in total. The summed E-state index contributed by atoms with van der Waals surface area (Å²) in [5.41, 5.74) is 3.62. The highest BCUT2D eigenvalue weighted by molar-refractivity contribution is 5.78. The molecule has 3 aromatic rings. The highest BCUT2D eigenvalue weighted by atomic mass is 16.5. The number of carbonyl (C=O) groups excluding carboxylic acids is 1. The Balaban J connectivity index is 1.22. The normalized spacial score (nSPS) is 16.2. The minimum absolute atomic E-state index is 0.148. The van der Waals surface area contributed by atoms with Gasteiger partial charge in [-0.05, 0) is 24.1 Å². The van der Waals surface area contributed by atoms with Crippen molar-refractivity contribution in [1.82, 2.24) is 14.9 Å². The Hall–Kier alpha value is -3.25. The van der Waals surface area contributed by atoms with Crippen LogP contribution in [0.25, 0.3) is 11.4 Å². The summed E-state index contributed by atoms with van der Waals surface area (Å²) in [7, 11) is 1.65. The molecule has 5 rings (SSSR count). The van der Waals surface area contributed by atoms with E-state index < -0.39 is 5.60 Å². The highest BCUT2D eigenvalue weighted by Gasteiger charge is 2.52. The first-order chi connectivity index (χ1) is 14.7. The van der Waals surface area contributed by atoms with Crippen molar-refractivity contribution < 1.29 is 14.3 Å². The summed E-state index contributed by atoms with van der Waals surface area (Å²) in [4.78, 5) is 23.8. The van der Waals surface area contributed by atoms with E-state index in [9.17, 15) is 4.79 Å². The maximum atomic E-state index is 12.6. The minimum atomic E-state index is -0.444. The van der Waals surface area contributed by atoms with E-state index in [0.29, 0.717) is 38.4 Å². The summed E-state index contributed by atoms with van der Waals surface area (Å²) >= 11 is 0. The third-order valence-corrected chi connectivity index (χ3v) is 5.91. The van der Waals surface area contributed by atoms with Crippen LogP contribution in [0, 0.1) is 0 Å². The summed E-state index contributed by atoms with van der Waals surface area (Å²) in [6, 6.07) is 17.8. The van der Waals surface area contributed by atoms with Gasteiger partial charge in [0.15, 0.2) is 5.82 Å². The SMILES string of the molecule is COc1ccc(CCC(=O)N2CC3(C2)OCc2nc(-c4ccccc4)ncc23)cc1. The zero-order valence-corrected chi connectivity index (χ0v) is 16.9. The third-order valence-electron chi connectivity index (χ3n) is 5.91. The van der Waals surface area contributed by atoms with Gasteiger partial charge in [-0.25, -0.2) is 9.97 Å². The Labute approximate surface area is 175 Å². The molecule has 0 radical (unpaired) electrons. The molecule has 30 heavy (non-hydrogen) atoms. The molecule has 6 heteroatoms. The van der Waals surface area contributed by atoms with Crippen LogP contribution in [0.1, 0.15) is 23.2 Å². The van der Waals surface area contributed by atoms with Gasteiger partial charge in [-0.3, -0.25) is 4.79 Å². The number of aromatic nitrogens is 2. The molecule has 3 heterocycles. The number of benzene rings is 2. The molecule has 0 unspecified atom stereocenters. The summed E-state index contributed by atoms with van der Waals surface area (Å²) in [5.74, 6) is 1.68. The third kappa shape index (κ3) is 3.33. The van der Waals surface area contributed by atoms with Crippen LogP contribution in [0.3, 0.4) is 0 Å². The quantitative estimate of drug-likeness (QED) is 0.656. The van der Waals surface area contributed by atoms with Crippen molar-refractivity contribution >= 4 is 5.91 Å². The summed E-state index contributed by atoms with van der Waals surface area (Å²) in [5, 5.41) is 0. The van der Waals surface area contributed by atoms with Crippen LogP contribution in [0.5, 0.6) is 5.75 Å². The lowest BCUT2D eigenvalue weighted by Gasteiger charge is -2.47. The average molecular weight is 401 g/mol. The van der Waals surface area contributed by atoms with Crippen LogP contribution in [0.15, 0.2) is 60.8 Å². The molecule has 1 saturated heterocycles. The van der Waals surface area contributed by atoms with Crippen molar-refractivity contribution in [3.8, 4) is 17.1 Å². The molecule has 0 N–H and O–H groups in total. The van der Waals surface area contributed by atoms with Crippen molar-refractivity contribution in [2.75, 3.05) is 20.2 Å². The lowest BCUT2D eigenvalue weighted by atomic mass is 9.87. The second-order valence-electron chi connectivity index (χ2n) is 7.80. The number of hydrogen-bond acceptors (Lipinski definition) is 5. The van der Waals surface area contributed by atoms with E-state index in [1.165, 1.54) is 0 Å². The molecule has 2 aliphatic rings. The molecule has 0 atom stereocenters. The molecular formula is C24H23N3O3. The predicted molar refractivity (Wildman–Crippen MR) is 112 cm³/mol. The lowest BCUT2D eigenvalue weighted by molar-refractivity contribution is -0.168. The summed E-state index contributed by atoms with van der Waals surface area (Å²) in [6.07, 6.45) is 3.07. The molecule has 1 aromatic heterocycles. The number of carbonyl (C=O) groups is 1. The second-order valence-corrected chi connectivity index (χ2v) is 7.80. The van der Waals surface area contributed by atoms with Crippen molar-refractivity contribution in [1.29, 1.82) is 0 Å². The number of amides is 1. The van der Waals surface area contributed by atoms with E-state index in [1.807, 2.05) is 65.7 Å². The van der Waals surface area contributed by atoms with Gasteiger partial charge in [0.1, 0.15) is 11.4 Å². The molecule has 1 amide bonds. The first-order valence-corrected chi connectivity index (χ1v) is 10.1. The van der Waals surface area contributed by atoms with Gasteiger partial charge in [0, 0.05) is 23.7 Å². The maximum Gasteiger partial charge on any atom is 0.223 e. The molecular weight excluding hydrogens is 378 g/mol. The van der Waals surface area contributed by atoms with Crippen LogP contribution in [-0.4, -0.2) is 41.0 Å². The standard InChI is InChI=1S/C24H23N3O3/c1-29-19-10-7-17(8-11-19)9-12-22(28)27-15-24(16-27)20-13-25-23(26-21(20)14-30-24)18-5-3-2-4-6-18/h2-8,10-11,13H,9,12,14-16H2,1H3. The smallest absolute Gasteiger partial charge is 0.223 e. The summed E-state index contributed by atoms with van der Waals surface area (Å²) < 4.78 is 11.3. The van der Waals surface area contributed by atoms with E-state index in [0.717, 1.165) is 28.1 Å². The number of ether oxygens (including phenoxy) is 2. The molecule has 152 valence electrons. The molecule has 0 aliphatic carbocycles. The second kappa shape index (κ2) is 7.54. The number of methoxy groups -OCH3 is 1. The topological polar surface area (TPSA) is 64.5 Å². The fraction of sp³-hybridized carbons (Fsp3) is 0.292. The Morgan fingerprint density at radius 1 is 1.13 bits per heavy atom. The van der Waals surface area contributed by atoms with Crippen molar-refractivity contribution in [2.24, 2.45) is 0 Å². The van der Waals surface area contributed by atoms with Crippen LogP contribution in [-0.2, 0) is 28.2 Å². The van der Waals surface area contributed by atoms with Crippen LogP contribution in [0.4, 0.5) is 0 Å². The first kappa shape index (κ1) is 18.8. The van der Waals surface area contributed by atoms with Crippen LogP contribution >= 0.6 is 0 Å². The summed E-state index contributed by atoms with van der Waals surface area (Å²) in [6.45, 7) is 1.59. The van der Waals surface area contributed by atoms with Gasteiger partial charge in [-0.15, -0.1) is 0 Å². The zero-order chi connectivity index (χ0) is 20.6. The Kier molecular flexibility index (Phi) is 4.71. The Bertz CT molecular complexity index is 1060. The van der Waals surface area contributed by atoms with Crippen LogP contribution < -0.4 is 4.74 Å². The van der Waals surface area contributed by atoms with Crippen molar-refractivity contribution in [3.63, 3.8) is 0 Å². The molecule has 1 spiro atoms. The molecule has 1 fully saturated rings. The monoisotopic (exact) mass is 401 g/mol. The predicted octanol–water partition coefficient (Wildman–Crippen LogP) is 3.35. The van der Waals surface area contributed by atoms with Gasteiger partial charge in [-0.1, -0.05) is 42.5 Å². The number of rotatable bonds is 5. The average Bonchev–Trinajstić information content (AvgIpc) is 3.16. The van der Waals surface area contributed by atoms with E-state index in [1.54, 1.807) is 7.11 Å². The molecule has 0 bridgehead atoms. The van der Waals surface area contributed by atoms with Crippen LogP contribution in [0.2, 0.25) is 0 Å². The lowest BCUT2D eigenvalue weighted by Crippen LogP contribution is -2.61. The van der Waals surface area contributed by atoms with E-state index in [-0.39, 0.29) is 5.91 Å². The molecule has 2 aliphatic heterocycles. The number of likely N-dealkylation sites (tertiary alicyclic amines) is 1. The highest BCUT2D eigenvalue weighted by Crippen LogP contribution is 2.43. The number of hydrogen-bond donors (Lipinski definition) is 0. The Morgan fingerprint density at radius 2 is 1.90 bits per heavy atom.